The van der Waals surface area contributed by atoms with Crippen molar-refractivity contribution in [2.45, 2.75) is 13.8 Å². The van der Waals surface area contributed by atoms with Crippen LogP contribution in [0.2, 0.25) is 0 Å². The molecule has 0 atom stereocenters. The van der Waals surface area contributed by atoms with Gasteiger partial charge in [0.15, 0.2) is 0 Å². The van der Waals surface area contributed by atoms with Gasteiger partial charge in [-0.1, -0.05) is 12.1 Å². The Morgan fingerprint density at radius 1 is 0.864 bits per heavy atom. The average molecular weight is 296 g/mol. The third-order valence-electron chi connectivity index (χ3n) is 2.72. The molecule has 2 aromatic rings. The molecule has 0 radical (unpaired) electrons. The summed E-state index contributed by atoms with van der Waals surface area (Å²) in [6.45, 7) is 3.51. The summed E-state index contributed by atoms with van der Waals surface area (Å²) in [5, 5.41) is 7.90. The first kappa shape index (κ1) is 15.3. The van der Waals surface area contributed by atoms with E-state index in [1.165, 1.54) is 0 Å². The normalized spacial score (nSPS) is 11.9. The van der Waals surface area contributed by atoms with Gasteiger partial charge in [-0.3, -0.25) is 9.97 Å². The summed E-state index contributed by atoms with van der Waals surface area (Å²) in [6, 6.07) is 10.4. The molecule has 22 heavy (non-hydrogen) atoms. The molecule has 0 fully saturated rings. The Labute approximate surface area is 128 Å². The van der Waals surface area contributed by atoms with Crippen LogP contribution in [0.15, 0.2) is 59.0 Å². The fourth-order valence-corrected chi connectivity index (χ4v) is 1.56. The van der Waals surface area contributed by atoms with Gasteiger partial charge in [0.25, 0.3) is 0 Å². The Morgan fingerprint density at radius 3 is 1.68 bits per heavy atom. The fourth-order valence-electron chi connectivity index (χ4n) is 1.56. The van der Waals surface area contributed by atoms with Gasteiger partial charge in [-0.2, -0.15) is 10.2 Å². The molecule has 2 N–H and O–H groups in total. The lowest BCUT2D eigenvalue weighted by atomic mass is 10.3. The predicted octanol–water partition coefficient (Wildman–Crippen LogP) is 1.92. The minimum Gasteiger partial charge on any atom is -0.255 e. The van der Waals surface area contributed by atoms with Gasteiger partial charge in [0.2, 0.25) is 0 Å². The number of carbonyl (C=O) groups is 1. The molecule has 0 spiro atoms. The molecule has 2 amide bonds. The van der Waals surface area contributed by atoms with Crippen molar-refractivity contribution in [1.82, 2.24) is 20.8 Å². The van der Waals surface area contributed by atoms with Gasteiger partial charge in [0.05, 0.1) is 22.8 Å². The van der Waals surface area contributed by atoms with Crippen LogP contribution >= 0.6 is 0 Å². The lowest BCUT2D eigenvalue weighted by Crippen LogP contribution is -2.30. The summed E-state index contributed by atoms with van der Waals surface area (Å²) < 4.78 is 0. The standard InChI is InChI=1S/C15H16N6O/c1-11(13-7-3-5-9-16-13)18-20-15(22)21-19-12(2)14-8-4-6-10-17-14/h3-10H,1-2H3,(H2,20,21,22)/b18-11-,19-12-. The number of hydrazone groups is 2. The number of hydrogen-bond donors (Lipinski definition) is 2. The summed E-state index contributed by atoms with van der Waals surface area (Å²) in [4.78, 5) is 19.9. The minimum atomic E-state index is -0.537. The van der Waals surface area contributed by atoms with Crippen LogP contribution in [0.25, 0.3) is 0 Å². The molecule has 0 aliphatic carbocycles. The first-order valence-electron chi connectivity index (χ1n) is 6.64. The van der Waals surface area contributed by atoms with Gasteiger partial charge in [-0.05, 0) is 38.1 Å². The highest BCUT2D eigenvalue weighted by Gasteiger charge is 2.02. The first-order chi connectivity index (χ1) is 10.7. The number of rotatable bonds is 4. The van der Waals surface area contributed by atoms with E-state index in [-0.39, 0.29) is 0 Å². The van der Waals surface area contributed by atoms with Crippen molar-refractivity contribution in [2.75, 3.05) is 0 Å². The highest BCUT2D eigenvalue weighted by atomic mass is 16.2. The quantitative estimate of drug-likeness (QED) is 0.667. The number of aromatic nitrogens is 2. The highest BCUT2D eigenvalue weighted by molar-refractivity contribution is 5.98. The Kier molecular flexibility index (Phi) is 5.31. The zero-order chi connectivity index (χ0) is 15.8. The van der Waals surface area contributed by atoms with Gasteiger partial charge in [0.1, 0.15) is 0 Å². The molecule has 2 aromatic heterocycles. The second kappa shape index (κ2) is 7.63. The van der Waals surface area contributed by atoms with E-state index < -0.39 is 6.03 Å². The van der Waals surface area contributed by atoms with Crippen LogP contribution in [0.1, 0.15) is 25.2 Å². The smallest absolute Gasteiger partial charge is 0.255 e. The van der Waals surface area contributed by atoms with Crippen LogP contribution in [0, 0.1) is 0 Å². The maximum absolute atomic E-state index is 11.6. The topological polar surface area (TPSA) is 91.6 Å². The van der Waals surface area contributed by atoms with Gasteiger partial charge < -0.3 is 0 Å². The Balaban J connectivity index is 1.91. The third kappa shape index (κ3) is 4.48. The van der Waals surface area contributed by atoms with E-state index in [1.807, 2.05) is 36.4 Å². The molecule has 112 valence electrons. The van der Waals surface area contributed by atoms with E-state index in [2.05, 4.69) is 31.0 Å². The SMILES string of the molecule is C/C(=N/NC(=O)N/N=C(/C)c1ccccn1)c1ccccn1. The lowest BCUT2D eigenvalue weighted by molar-refractivity contribution is 0.242. The van der Waals surface area contributed by atoms with Crippen molar-refractivity contribution in [3.05, 3.63) is 60.2 Å². The molecule has 0 saturated heterocycles. The molecule has 0 unspecified atom stereocenters. The number of nitrogens with zero attached hydrogens (tertiary/aromatic N) is 4. The molecule has 0 bridgehead atoms. The molecule has 0 aliphatic heterocycles. The number of carbonyl (C=O) groups excluding carboxylic acids is 1. The third-order valence-corrected chi connectivity index (χ3v) is 2.72. The van der Waals surface area contributed by atoms with Crippen LogP contribution in [0.5, 0.6) is 0 Å². The highest BCUT2D eigenvalue weighted by Crippen LogP contribution is 1.96. The zero-order valence-corrected chi connectivity index (χ0v) is 12.3. The van der Waals surface area contributed by atoms with E-state index >= 15 is 0 Å². The molecule has 7 nitrogen and oxygen atoms in total. The molecular formula is C15H16N6O. The van der Waals surface area contributed by atoms with Crippen LogP contribution in [0.3, 0.4) is 0 Å². The van der Waals surface area contributed by atoms with Crippen molar-refractivity contribution in [3.8, 4) is 0 Å². The largest absolute Gasteiger partial charge is 0.355 e. The van der Waals surface area contributed by atoms with Crippen molar-refractivity contribution in [2.24, 2.45) is 10.2 Å². The zero-order valence-electron chi connectivity index (χ0n) is 12.3. The van der Waals surface area contributed by atoms with Crippen molar-refractivity contribution >= 4 is 17.5 Å². The van der Waals surface area contributed by atoms with Gasteiger partial charge in [-0.25, -0.2) is 15.6 Å². The maximum atomic E-state index is 11.6. The lowest BCUT2D eigenvalue weighted by Gasteiger charge is -2.03. The molecule has 0 aromatic carbocycles. The van der Waals surface area contributed by atoms with Gasteiger partial charge in [-0.15, -0.1) is 0 Å². The van der Waals surface area contributed by atoms with Gasteiger partial charge >= 0.3 is 6.03 Å². The molecule has 0 aliphatic rings. The number of pyridine rings is 2. The maximum Gasteiger partial charge on any atom is 0.355 e. The Morgan fingerprint density at radius 2 is 1.32 bits per heavy atom. The summed E-state index contributed by atoms with van der Waals surface area (Å²) >= 11 is 0. The summed E-state index contributed by atoms with van der Waals surface area (Å²) in [5.41, 5.74) is 7.29. The van der Waals surface area contributed by atoms with Crippen LogP contribution < -0.4 is 10.9 Å². The second-order valence-electron chi connectivity index (χ2n) is 4.38. The Bertz CT molecular complexity index is 622. The van der Waals surface area contributed by atoms with E-state index in [0.29, 0.717) is 22.8 Å². The number of nitrogens with one attached hydrogen (secondary N) is 2. The van der Waals surface area contributed by atoms with E-state index in [0.717, 1.165) is 0 Å². The first-order valence-corrected chi connectivity index (χ1v) is 6.64. The number of urea groups is 1. The van der Waals surface area contributed by atoms with Crippen LogP contribution in [-0.4, -0.2) is 27.4 Å². The molecule has 0 saturated carbocycles. The average Bonchev–Trinajstić information content (AvgIpc) is 2.59. The van der Waals surface area contributed by atoms with Crippen molar-refractivity contribution in [3.63, 3.8) is 0 Å². The second-order valence-corrected chi connectivity index (χ2v) is 4.38. The molecule has 7 heteroatoms. The molecule has 2 rings (SSSR count). The van der Waals surface area contributed by atoms with Gasteiger partial charge in [0, 0.05) is 12.4 Å². The van der Waals surface area contributed by atoms with Crippen LogP contribution in [0.4, 0.5) is 4.79 Å². The van der Waals surface area contributed by atoms with E-state index in [9.17, 15) is 4.79 Å². The van der Waals surface area contributed by atoms with E-state index in [4.69, 9.17) is 0 Å². The van der Waals surface area contributed by atoms with Crippen LogP contribution in [-0.2, 0) is 0 Å². The number of hydrogen-bond acceptors (Lipinski definition) is 5. The minimum absolute atomic E-state index is 0.537. The number of amides is 2. The molecular weight excluding hydrogens is 280 g/mol. The predicted molar refractivity (Wildman–Crippen MR) is 84.6 cm³/mol. The Hall–Kier alpha value is -3.09. The van der Waals surface area contributed by atoms with Crippen molar-refractivity contribution in [1.29, 1.82) is 0 Å². The summed E-state index contributed by atoms with van der Waals surface area (Å²) in [6.07, 6.45) is 3.32. The van der Waals surface area contributed by atoms with Crippen molar-refractivity contribution < 1.29 is 4.79 Å². The monoisotopic (exact) mass is 296 g/mol. The fraction of sp³-hybridized carbons (Fsp3) is 0.133. The summed E-state index contributed by atoms with van der Waals surface area (Å²) in [5.74, 6) is 0. The van der Waals surface area contributed by atoms with E-state index in [1.54, 1.807) is 26.2 Å². The molecule has 2 heterocycles. The summed E-state index contributed by atoms with van der Waals surface area (Å²) in [7, 11) is 0.